The van der Waals surface area contributed by atoms with E-state index >= 15 is 0 Å². The number of nitrogens with two attached hydrogens (primary N) is 1. The second-order valence-corrected chi connectivity index (χ2v) is 10.7. The Bertz CT molecular complexity index is 906. The lowest BCUT2D eigenvalue weighted by Gasteiger charge is -2.15. The summed E-state index contributed by atoms with van der Waals surface area (Å²) in [5, 5.41) is 3.00. The Hall–Kier alpha value is -1.02. The molecule has 4 rings (SSSR count). The van der Waals surface area contributed by atoms with Gasteiger partial charge in [0.2, 0.25) is 4.58 Å². The molecule has 29 heavy (non-hydrogen) atoms. The van der Waals surface area contributed by atoms with Gasteiger partial charge in [0.25, 0.3) is 0 Å². The first-order chi connectivity index (χ1) is 14.2. The fourth-order valence-corrected chi connectivity index (χ4v) is 7.37. The third-order valence-electron chi connectivity index (χ3n) is 4.49. The number of benzene rings is 1. The van der Waals surface area contributed by atoms with Crippen molar-refractivity contribution in [2.75, 3.05) is 11.6 Å². The van der Waals surface area contributed by atoms with Gasteiger partial charge in [0.1, 0.15) is 10.8 Å². The maximum absolute atomic E-state index is 10.7. The van der Waals surface area contributed by atoms with Gasteiger partial charge in [0.15, 0.2) is 11.2 Å². The lowest BCUT2D eigenvalue weighted by Crippen LogP contribution is -2.29. The molecule has 3 nitrogen and oxygen atoms in total. The summed E-state index contributed by atoms with van der Waals surface area (Å²) in [7, 11) is 0. The van der Waals surface area contributed by atoms with E-state index in [0.717, 1.165) is 38.7 Å². The van der Waals surface area contributed by atoms with E-state index in [4.69, 9.17) is 22.3 Å². The Morgan fingerprint density at radius 2 is 1.93 bits per heavy atom. The summed E-state index contributed by atoms with van der Waals surface area (Å²) in [6.45, 7) is 4.00. The molecule has 2 aromatic heterocycles. The van der Waals surface area contributed by atoms with E-state index < -0.39 is 11.2 Å². The van der Waals surface area contributed by atoms with Crippen molar-refractivity contribution in [3.05, 3.63) is 59.5 Å². The Balaban J connectivity index is 0.00000117. The zero-order chi connectivity index (χ0) is 20.8. The number of aromatic nitrogens is 1. The van der Waals surface area contributed by atoms with Crippen molar-refractivity contribution in [2.24, 2.45) is 5.73 Å². The number of thiophene rings is 1. The maximum atomic E-state index is 10.7. The quantitative estimate of drug-likeness (QED) is 0.316. The molecule has 0 radical (unpaired) electrons. The van der Waals surface area contributed by atoms with Crippen molar-refractivity contribution in [2.45, 2.75) is 35.9 Å². The van der Waals surface area contributed by atoms with Crippen molar-refractivity contribution >= 4 is 45.9 Å². The van der Waals surface area contributed by atoms with Crippen molar-refractivity contribution in [3.8, 4) is 21.7 Å². The second-order valence-electron chi connectivity index (χ2n) is 6.28. The van der Waals surface area contributed by atoms with Crippen LogP contribution >= 0.6 is 34.7 Å². The summed E-state index contributed by atoms with van der Waals surface area (Å²) in [5.41, 5.74) is 10.9. The molecule has 0 aliphatic carbocycles. The minimum absolute atomic E-state index is 0.0724. The van der Waals surface area contributed by atoms with E-state index in [1.807, 2.05) is 38.1 Å². The summed E-state index contributed by atoms with van der Waals surface area (Å²) in [6, 6.07) is 16.3. The molecule has 0 spiro atoms. The van der Waals surface area contributed by atoms with Gasteiger partial charge in [-0.1, -0.05) is 50.2 Å². The van der Waals surface area contributed by atoms with Gasteiger partial charge in [-0.2, -0.15) is 4.55 Å². The highest BCUT2D eigenvalue weighted by atomic mass is 35.5. The molecule has 1 aliphatic rings. The fraction of sp³-hybridized carbons (Fsp3) is 0.318. The molecule has 0 bridgehead atoms. The highest BCUT2D eigenvalue weighted by molar-refractivity contribution is 8.13. The Morgan fingerprint density at radius 1 is 1.17 bits per heavy atom. The van der Waals surface area contributed by atoms with E-state index in [1.165, 1.54) is 0 Å². The van der Waals surface area contributed by atoms with Gasteiger partial charge < -0.3 is 5.73 Å². The smallest absolute Gasteiger partial charge is 0.220 e. The maximum Gasteiger partial charge on any atom is 0.220 e. The predicted molar refractivity (Wildman–Crippen MR) is 131 cm³/mol. The molecule has 154 valence electrons. The molecule has 7 heteroatoms. The van der Waals surface area contributed by atoms with E-state index in [2.05, 4.69) is 29.6 Å². The van der Waals surface area contributed by atoms with Crippen LogP contribution in [0.2, 0.25) is 0 Å². The summed E-state index contributed by atoms with van der Waals surface area (Å²) < 4.78 is 10.6. The van der Waals surface area contributed by atoms with Crippen molar-refractivity contribution in [1.82, 2.24) is 4.98 Å². The van der Waals surface area contributed by atoms with Gasteiger partial charge in [-0.05, 0) is 40.4 Å². The molecule has 3 aromatic rings. The van der Waals surface area contributed by atoms with Crippen molar-refractivity contribution in [3.63, 3.8) is 0 Å². The van der Waals surface area contributed by atoms with Gasteiger partial charge in [0.05, 0.1) is 16.6 Å². The number of alkyl halides is 1. The summed E-state index contributed by atoms with van der Waals surface area (Å²) in [4.78, 5) is 6.04. The first-order valence-electron chi connectivity index (χ1n) is 9.70. The molecule has 3 N–H and O–H groups in total. The second kappa shape index (κ2) is 10.8. The molecule has 0 saturated heterocycles. The third-order valence-corrected chi connectivity index (χ3v) is 9.20. The molecule has 3 atom stereocenters. The number of hydrogen-bond donors (Lipinski definition) is 2. The van der Waals surface area contributed by atoms with Crippen LogP contribution in [0.5, 0.6) is 0 Å². The van der Waals surface area contributed by atoms with Crippen molar-refractivity contribution < 1.29 is 4.55 Å². The lowest BCUT2D eigenvalue weighted by atomic mass is 9.97. The molecule has 1 aromatic carbocycles. The Morgan fingerprint density at radius 3 is 2.59 bits per heavy atom. The topological polar surface area (TPSA) is 59.1 Å². The van der Waals surface area contributed by atoms with Crippen LogP contribution in [0, 0.1) is 0 Å². The lowest BCUT2D eigenvalue weighted by molar-refractivity contribution is 0.621. The summed E-state index contributed by atoms with van der Waals surface area (Å²) in [6.07, 6.45) is 0.792. The van der Waals surface area contributed by atoms with E-state index in [1.54, 1.807) is 23.1 Å². The first-order valence-corrected chi connectivity index (χ1v) is 13.4. The summed E-state index contributed by atoms with van der Waals surface area (Å²) >= 11 is 8.30. The molecule has 0 amide bonds. The van der Waals surface area contributed by atoms with Gasteiger partial charge in [0, 0.05) is 17.9 Å². The van der Waals surface area contributed by atoms with E-state index in [-0.39, 0.29) is 10.6 Å². The average molecular weight is 466 g/mol. The highest BCUT2D eigenvalue weighted by Crippen LogP contribution is 2.49. The predicted octanol–water partition coefficient (Wildman–Crippen LogP) is 6.66. The third kappa shape index (κ3) is 5.01. The van der Waals surface area contributed by atoms with Crippen LogP contribution in [0.3, 0.4) is 0 Å². The number of thioether (sulfide) groups is 1. The first kappa shape index (κ1) is 22.7. The SMILES string of the molecule is CC.NC1c2c(-c3ccccc3)cc(-c3cccs3)nc2SC1[S+](O)CCCCl. The molecular formula is C22H26ClN2OS3+. The van der Waals surface area contributed by atoms with Crippen LogP contribution in [0.4, 0.5) is 0 Å². The van der Waals surface area contributed by atoms with Gasteiger partial charge in [-0.15, -0.1) is 22.9 Å². The Labute approximate surface area is 189 Å². The number of hydrogen-bond acceptors (Lipinski definition) is 5. The molecule has 0 fully saturated rings. The average Bonchev–Trinajstić information content (AvgIpc) is 3.42. The number of nitrogens with zero attached hydrogens (tertiary/aromatic N) is 1. The standard InChI is InChI=1S/C20H20ClN2OS3.C2H6/c21-9-5-11-27(24)20-18(22)17-14(13-6-2-1-3-7-13)12-15(23-19(17)26-20)16-8-4-10-25-16;1-2/h1-4,6-8,10,12,18,20,24H,5,9,11,22H2;1-2H3/q+1;. The Kier molecular flexibility index (Phi) is 8.47. The van der Waals surface area contributed by atoms with Crippen LogP contribution in [-0.4, -0.2) is 25.8 Å². The van der Waals surface area contributed by atoms with Gasteiger partial charge in [-0.25, -0.2) is 4.98 Å². The highest BCUT2D eigenvalue weighted by Gasteiger charge is 2.45. The minimum Gasteiger partial charge on any atom is -0.319 e. The summed E-state index contributed by atoms with van der Waals surface area (Å²) in [5.74, 6) is 1.24. The number of rotatable bonds is 6. The zero-order valence-corrected chi connectivity index (χ0v) is 19.8. The van der Waals surface area contributed by atoms with Gasteiger partial charge in [-0.3, -0.25) is 0 Å². The van der Waals surface area contributed by atoms with Crippen LogP contribution in [-0.2, 0) is 11.2 Å². The van der Waals surface area contributed by atoms with Crippen LogP contribution in [0.25, 0.3) is 21.7 Å². The van der Waals surface area contributed by atoms with E-state index in [0.29, 0.717) is 11.6 Å². The largest absolute Gasteiger partial charge is 0.319 e. The molecular weight excluding hydrogens is 440 g/mol. The molecule has 1 aliphatic heterocycles. The number of halogens is 1. The minimum atomic E-state index is -0.793. The molecule has 3 unspecified atom stereocenters. The van der Waals surface area contributed by atoms with Crippen LogP contribution in [0.1, 0.15) is 31.9 Å². The van der Waals surface area contributed by atoms with Gasteiger partial charge >= 0.3 is 0 Å². The van der Waals surface area contributed by atoms with Crippen LogP contribution < -0.4 is 5.73 Å². The number of fused-ring (bicyclic) bond motifs is 1. The van der Waals surface area contributed by atoms with E-state index in [9.17, 15) is 4.55 Å². The number of pyridine rings is 1. The van der Waals surface area contributed by atoms with Crippen molar-refractivity contribution in [1.29, 1.82) is 0 Å². The normalized spacial score (nSPS) is 18.7. The molecule has 3 heterocycles. The molecule has 0 saturated carbocycles. The monoisotopic (exact) mass is 465 g/mol. The zero-order valence-electron chi connectivity index (χ0n) is 16.5. The van der Waals surface area contributed by atoms with Crippen LogP contribution in [0.15, 0.2) is 58.9 Å². The fourth-order valence-electron chi connectivity index (χ4n) is 3.21.